The second-order valence-electron chi connectivity index (χ2n) is 7.67. The smallest absolute Gasteiger partial charge is 0.273 e. The van der Waals surface area contributed by atoms with Crippen LogP contribution in [0.2, 0.25) is 0 Å². The Morgan fingerprint density at radius 3 is 2.42 bits per heavy atom. The maximum absolute atomic E-state index is 12.3. The molecule has 128 valence electrons. The van der Waals surface area contributed by atoms with Crippen molar-refractivity contribution in [1.29, 1.82) is 0 Å². The van der Waals surface area contributed by atoms with Gasteiger partial charge in [-0.05, 0) is 36.0 Å². The van der Waals surface area contributed by atoms with E-state index in [0.29, 0.717) is 11.6 Å². The molecule has 2 aromatic rings. The van der Waals surface area contributed by atoms with E-state index in [9.17, 15) is 4.79 Å². The lowest BCUT2D eigenvalue weighted by atomic mass is 9.87. The summed E-state index contributed by atoms with van der Waals surface area (Å²) in [4.78, 5) is 16.7. The van der Waals surface area contributed by atoms with Crippen LogP contribution in [0, 0.1) is 0 Å². The van der Waals surface area contributed by atoms with Crippen molar-refractivity contribution in [2.24, 2.45) is 0 Å². The van der Waals surface area contributed by atoms with E-state index in [1.165, 1.54) is 31.1 Å². The molecule has 1 aromatic heterocycles. The molecule has 4 heteroatoms. The lowest BCUT2D eigenvalue weighted by Crippen LogP contribution is -2.36. The van der Waals surface area contributed by atoms with Gasteiger partial charge < -0.3 is 9.73 Å². The highest BCUT2D eigenvalue weighted by Gasteiger charge is 2.20. The standard InChI is InChI=1S/C20H26N2O2/c1-20(2,3)15-11-9-14(10-12-15)19-22-17(13-24-19)18(23)21-16-7-5-4-6-8-16/h9-13,16H,4-8H2,1-3H3,(H,21,23). The first-order valence-electron chi connectivity index (χ1n) is 8.81. The number of hydrogen-bond acceptors (Lipinski definition) is 3. The second kappa shape index (κ2) is 6.80. The van der Waals surface area contributed by atoms with Gasteiger partial charge in [-0.15, -0.1) is 0 Å². The van der Waals surface area contributed by atoms with Crippen molar-refractivity contribution in [3.05, 3.63) is 41.8 Å². The first kappa shape index (κ1) is 16.7. The molecule has 1 saturated carbocycles. The normalized spacial score (nSPS) is 16.1. The molecule has 0 bridgehead atoms. The molecule has 4 nitrogen and oxygen atoms in total. The first-order chi connectivity index (χ1) is 11.4. The van der Waals surface area contributed by atoms with Crippen LogP contribution < -0.4 is 5.32 Å². The van der Waals surface area contributed by atoms with Gasteiger partial charge in [0.2, 0.25) is 5.89 Å². The zero-order valence-electron chi connectivity index (χ0n) is 14.8. The minimum Gasteiger partial charge on any atom is -0.444 e. The summed E-state index contributed by atoms with van der Waals surface area (Å²) < 4.78 is 5.51. The van der Waals surface area contributed by atoms with E-state index in [2.05, 4.69) is 43.2 Å². The van der Waals surface area contributed by atoms with Gasteiger partial charge in [0.05, 0.1) is 0 Å². The average molecular weight is 326 g/mol. The van der Waals surface area contributed by atoms with Gasteiger partial charge in [0.15, 0.2) is 5.69 Å². The maximum atomic E-state index is 12.3. The van der Waals surface area contributed by atoms with Crippen molar-refractivity contribution < 1.29 is 9.21 Å². The van der Waals surface area contributed by atoms with Crippen molar-refractivity contribution in [3.8, 4) is 11.5 Å². The molecule has 0 aliphatic heterocycles. The maximum Gasteiger partial charge on any atom is 0.273 e. The van der Waals surface area contributed by atoms with E-state index >= 15 is 0 Å². The summed E-state index contributed by atoms with van der Waals surface area (Å²) >= 11 is 0. The number of carbonyl (C=O) groups is 1. The second-order valence-corrected chi connectivity index (χ2v) is 7.67. The molecule has 3 rings (SSSR count). The number of carbonyl (C=O) groups excluding carboxylic acids is 1. The van der Waals surface area contributed by atoms with Crippen molar-refractivity contribution in [3.63, 3.8) is 0 Å². The molecule has 0 atom stereocenters. The molecule has 0 saturated heterocycles. The summed E-state index contributed by atoms with van der Waals surface area (Å²) in [6.45, 7) is 6.54. The van der Waals surface area contributed by atoms with Crippen molar-refractivity contribution in [2.75, 3.05) is 0 Å². The van der Waals surface area contributed by atoms with Gasteiger partial charge >= 0.3 is 0 Å². The Kier molecular flexibility index (Phi) is 4.74. The Morgan fingerprint density at radius 2 is 1.79 bits per heavy atom. The van der Waals surface area contributed by atoms with E-state index in [1.807, 2.05) is 12.1 Å². The molecule has 0 radical (unpaired) electrons. The van der Waals surface area contributed by atoms with E-state index in [4.69, 9.17) is 4.42 Å². The summed E-state index contributed by atoms with van der Waals surface area (Å²) in [7, 11) is 0. The third-order valence-corrected chi connectivity index (χ3v) is 4.68. The van der Waals surface area contributed by atoms with Crippen LogP contribution in [0.4, 0.5) is 0 Å². The molecule has 1 amide bonds. The molecule has 1 aliphatic rings. The van der Waals surface area contributed by atoms with E-state index in [1.54, 1.807) is 0 Å². The number of aromatic nitrogens is 1. The van der Waals surface area contributed by atoms with E-state index in [-0.39, 0.29) is 17.4 Å². The minimum absolute atomic E-state index is 0.111. The number of oxazole rings is 1. The van der Waals surface area contributed by atoms with Gasteiger partial charge in [0.1, 0.15) is 6.26 Å². The van der Waals surface area contributed by atoms with Gasteiger partial charge in [-0.2, -0.15) is 0 Å². The van der Waals surface area contributed by atoms with Gasteiger partial charge in [-0.25, -0.2) is 4.98 Å². The number of benzene rings is 1. The third-order valence-electron chi connectivity index (χ3n) is 4.68. The monoisotopic (exact) mass is 326 g/mol. The van der Waals surface area contributed by atoms with Crippen molar-refractivity contribution in [2.45, 2.75) is 64.3 Å². The Balaban J connectivity index is 1.69. The molecule has 1 N–H and O–H groups in total. The van der Waals surface area contributed by atoms with Crippen LogP contribution in [-0.2, 0) is 5.41 Å². The van der Waals surface area contributed by atoms with Crippen LogP contribution in [0.1, 0.15) is 68.9 Å². The number of rotatable bonds is 3. The lowest BCUT2D eigenvalue weighted by molar-refractivity contribution is 0.0922. The molecule has 1 aromatic carbocycles. The van der Waals surface area contributed by atoms with Crippen molar-refractivity contribution >= 4 is 5.91 Å². The predicted octanol–water partition coefficient (Wildman–Crippen LogP) is 4.70. The molecule has 24 heavy (non-hydrogen) atoms. The minimum atomic E-state index is -0.136. The molecule has 0 spiro atoms. The zero-order valence-corrected chi connectivity index (χ0v) is 14.8. The molecule has 1 fully saturated rings. The fourth-order valence-corrected chi connectivity index (χ4v) is 3.13. The topological polar surface area (TPSA) is 55.1 Å². The molecular formula is C20H26N2O2. The average Bonchev–Trinajstić information content (AvgIpc) is 3.05. The Bertz CT molecular complexity index is 689. The summed E-state index contributed by atoms with van der Waals surface area (Å²) in [5.41, 5.74) is 2.61. The van der Waals surface area contributed by atoms with E-state index < -0.39 is 0 Å². The van der Waals surface area contributed by atoms with Crippen molar-refractivity contribution in [1.82, 2.24) is 10.3 Å². The zero-order chi connectivity index (χ0) is 17.2. The fraction of sp³-hybridized carbons (Fsp3) is 0.500. The van der Waals surface area contributed by atoms with Gasteiger partial charge in [0.25, 0.3) is 5.91 Å². The van der Waals surface area contributed by atoms with Crippen LogP contribution in [0.5, 0.6) is 0 Å². The number of nitrogens with zero attached hydrogens (tertiary/aromatic N) is 1. The van der Waals surface area contributed by atoms with Crippen LogP contribution in [0.15, 0.2) is 34.9 Å². The fourth-order valence-electron chi connectivity index (χ4n) is 3.13. The number of hydrogen-bond donors (Lipinski definition) is 1. The highest BCUT2D eigenvalue weighted by molar-refractivity contribution is 5.92. The largest absolute Gasteiger partial charge is 0.444 e. The van der Waals surface area contributed by atoms with E-state index in [0.717, 1.165) is 18.4 Å². The van der Waals surface area contributed by atoms with Gasteiger partial charge in [-0.3, -0.25) is 4.79 Å². The highest BCUT2D eigenvalue weighted by atomic mass is 16.3. The number of nitrogens with one attached hydrogen (secondary N) is 1. The SMILES string of the molecule is CC(C)(C)c1ccc(-c2nc(C(=O)NC3CCCCC3)co2)cc1. The Hall–Kier alpha value is -2.10. The summed E-state index contributed by atoms with van der Waals surface area (Å²) in [6, 6.07) is 8.44. The quantitative estimate of drug-likeness (QED) is 0.889. The highest BCUT2D eigenvalue weighted by Crippen LogP contribution is 2.26. The van der Waals surface area contributed by atoms with Crippen LogP contribution in [-0.4, -0.2) is 16.9 Å². The summed E-state index contributed by atoms with van der Waals surface area (Å²) in [5.74, 6) is 0.354. The van der Waals surface area contributed by atoms with Gasteiger partial charge in [0, 0.05) is 11.6 Å². The first-order valence-corrected chi connectivity index (χ1v) is 8.81. The summed E-state index contributed by atoms with van der Waals surface area (Å²) in [5, 5.41) is 3.07. The van der Waals surface area contributed by atoms with Crippen LogP contribution in [0.25, 0.3) is 11.5 Å². The third kappa shape index (κ3) is 3.86. The van der Waals surface area contributed by atoms with Crippen LogP contribution >= 0.6 is 0 Å². The molecule has 1 aliphatic carbocycles. The Morgan fingerprint density at radius 1 is 1.12 bits per heavy atom. The summed E-state index contributed by atoms with van der Waals surface area (Å²) in [6.07, 6.45) is 7.22. The number of amides is 1. The molecule has 0 unspecified atom stereocenters. The van der Waals surface area contributed by atoms with Gasteiger partial charge in [-0.1, -0.05) is 52.2 Å². The molecular weight excluding hydrogens is 300 g/mol. The Labute approximate surface area is 143 Å². The predicted molar refractivity (Wildman–Crippen MR) is 95.0 cm³/mol. The van der Waals surface area contributed by atoms with Crippen LogP contribution in [0.3, 0.4) is 0 Å². The lowest BCUT2D eigenvalue weighted by Gasteiger charge is -2.22. The molecule has 1 heterocycles.